The van der Waals surface area contributed by atoms with Crippen LogP contribution in [-0.2, 0) is 0 Å². The molecule has 0 atom stereocenters. The molecule has 0 radical (unpaired) electrons. The quantitative estimate of drug-likeness (QED) is 0.154. The fourth-order valence-corrected chi connectivity index (χ4v) is 8.47. The molecule has 292 valence electrons. The van der Waals surface area contributed by atoms with Gasteiger partial charge >= 0.3 is 0 Å². The normalized spacial score (nSPS) is 11.3. The molecule has 9 aromatic carbocycles. The maximum Gasteiger partial charge on any atom is 0.160 e. The third-order valence-electron chi connectivity index (χ3n) is 11.7. The molecule has 2 aromatic heterocycles. The van der Waals surface area contributed by atoms with Crippen molar-refractivity contribution in [2.45, 2.75) is 6.92 Å². The first-order valence-electron chi connectivity index (χ1n) is 21.0. The Bertz CT molecular complexity index is 3340. The minimum absolute atomic E-state index is 0.667. The summed E-state index contributed by atoms with van der Waals surface area (Å²) in [6, 6.07) is 79.3. The average Bonchev–Trinajstić information content (AvgIpc) is 3.74. The molecule has 4 heteroatoms. The van der Waals surface area contributed by atoms with Crippen LogP contribution in [0.2, 0.25) is 0 Å². The first kappa shape index (κ1) is 36.8. The molecular weight excluding hydrogens is 753 g/mol. The lowest BCUT2D eigenvalue weighted by atomic mass is 9.92. The number of hydrogen-bond donors (Lipinski definition) is 0. The Kier molecular flexibility index (Phi) is 9.36. The fourth-order valence-electron chi connectivity index (χ4n) is 8.47. The molecule has 2 heterocycles. The van der Waals surface area contributed by atoms with Gasteiger partial charge in [0.15, 0.2) is 5.82 Å². The highest BCUT2D eigenvalue weighted by Gasteiger charge is 2.19. The van der Waals surface area contributed by atoms with Crippen LogP contribution in [0.3, 0.4) is 0 Å². The lowest BCUT2D eigenvalue weighted by Crippen LogP contribution is -2.00. The van der Waals surface area contributed by atoms with Crippen LogP contribution >= 0.6 is 0 Å². The molecule has 0 saturated carbocycles. The van der Waals surface area contributed by atoms with Crippen molar-refractivity contribution in [2.24, 2.45) is 0 Å². The zero-order chi connectivity index (χ0) is 41.4. The van der Waals surface area contributed by atoms with Crippen molar-refractivity contribution >= 4 is 21.9 Å². The highest BCUT2D eigenvalue weighted by atomic mass is 15.1. The largest absolute Gasteiger partial charge is 0.292 e. The Morgan fingerprint density at radius 3 is 1.45 bits per heavy atom. The van der Waals surface area contributed by atoms with Gasteiger partial charge in [0.25, 0.3) is 0 Å². The lowest BCUT2D eigenvalue weighted by Gasteiger charge is -2.16. The van der Waals surface area contributed by atoms with Crippen LogP contribution in [0.25, 0.3) is 106 Å². The van der Waals surface area contributed by atoms with Crippen molar-refractivity contribution in [1.29, 1.82) is 0 Å². The zero-order valence-corrected chi connectivity index (χ0v) is 34.2. The van der Waals surface area contributed by atoms with Crippen LogP contribution < -0.4 is 0 Å². The van der Waals surface area contributed by atoms with Crippen LogP contribution in [-0.4, -0.2) is 19.5 Å². The minimum atomic E-state index is 0.667. The Morgan fingerprint density at radius 1 is 0.355 bits per heavy atom. The third kappa shape index (κ3) is 6.94. The summed E-state index contributed by atoms with van der Waals surface area (Å²) in [5, 5.41) is 0.999. The molecule has 0 saturated heterocycles. The second-order valence-electron chi connectivity index (χ2n) is 15.7. The fraction of sp³-hybridized carbons (Fsp3) is 0.0172. The van der Waals surface area contributed by atoms with Crippen LogP contribution in [0.5, 0.6) is 0 Å². The molecule has 0 unspecified atom stereocenters. The zero-order valence-electron chi connectivity index (χ0n) is 34.2. The standard InChI is InChI=1S/C58H40N4/c1-39-21-23-46(24-22-39)55-52-38-49(44-27-25-42(26-28-44)40-13-5-2-6-14-40)37-51(45-31-29-43(30-32-45)41-15-7-3-8-16-41)56(52)61-57(60-55)47-33-35-50(36-34-47)62-54-20-12-11-19-53(54)59-58(62)48-17-9-4-10-18-48/h2-38H,1H3. The second-order valence-corrected chi connectivity index (χ2v) is 15.7. The summed E-state index contributed by atoms with van der Waals surface area (Å²) in [6.07, 6.45) is 0. The summed E-state index contributed by atoms with van der Waals surface area (Å²) >= 11 is 0. The maximum absolute atomic E-state index is 5.47. The number of rotatable bonds is 8. The number of hydrogen-bond acceptors (Lipinski definition) is 3. The van der Waals surface area contributed by atoms with Gasteiger partial charge in [0, 0.05) is 33.3 Å². The molecule has 0 bridgehead atoms. The SMILES string of the molecule is Cc1ccc(-c2nc(-c3ccc(-n4c(-c5ccccc5)nc5ccccc54)cc3)nc3c(-c4ccc(-c5ccccc5)cc4)cc(-c4ccc(-c5ccccc5)cc4)cc23)cc1. The number of nitrogens with zero attached hydrogens (tertiary/aromatic N) is 4. The summed E-state index contributed by atoms with van der Waals surface area (Å²) in [7, 11) is 0. The van der Waals surface area contributed by atoms with Crippen LogP contribution in [0.1, 0.15) is 5.56 Å². The predicted octanol–water partition coefficient (Wildman–Crippen LogP) is 14.9. The van der Waals surface area contributed by atoms with E-state index in [1.165, 1.54) is 27.8 Å². The van der Waals surface area contributed by atoms with Crippen molar-refractivity contribution in [3.05, 3.63) is 230 Å². The van der Waals surface area contributed by atoms with E-state index >= 15 is 0 Å². The highest BCUT2D eigenvalue weighted by Crippen LogP contribution is 2.40. The average molecular weight is 793 g/mol. The highest BCUT2D eigenvalue weighted by molar-refractivity contribution is 6.04. The topological polar surface area (TPSA) is 43.6 Å². The number of aryl methyl sites for hydroxylation is 1. The minimum Gasteiger partial charge on any atom is -0.292 e. The van der Waals surface area contributed by atoms with Gasteiger partial charge in [-0.2, -0.15) is 0 Å². The van der Waals surface area contributed by atoms with Gasteiger partial charge in [-0.05, 0) is 94.4 Å². The van der Waals surface area contributed by atoms with Gasteiger partial charge < -0.3 is 0 Å². The molecular formula is C58H40N4. The van der Waals surface area contributed by atoms with E-state index in [2.05, 4.69) is 224 Å². The summed E-state index contributed by atoms with van der Waals surface area (Å²) in [5.41, 5.74) is 18.2. The number of benzene rings is 9. The molecule has 11 rings (SSSR count). The second kappa shape index (κ2) is 15.8. The van der Waals surface area contributed by atoms with E-state index in [9.17, 15) is 0 Å². The van der Waals surface area contributed by atoms with Crippen LogP contribution in [0.15, 0.2) is 224 Å². The molecule has 11 aromatic rings. The monoisotopic (exact) mass is 792 g/mol. The van der Waals surface area contributed by atoms with Gasteiger partial charge in [-0.15, -0.1) is 0 Å². The van der Waals surface area contributed by atoms with E-state index in [1.807, 2.05) is 12.1 Å². The molecule has 0 N–H and O–H groups in total. The molecule has 62 heavy (non-hydrogen) atoms. The summed E-state index contributed by atoms with van der Waals surface area (Å²) in [5.74, 6) is 1.57. The van der Waals surface area contributed by atoms with E-state index in [0.717, 1.165) is 78.1 Å². The first-order valence-corrected chi connectivity index (χ1v) is 21.0. The van der Waals surface area contributed by atoms with E-state index in [0.29, 0.717) is 5.82 Å². The van der Waals surface area contributed by atoms with Crippen molar-refractivity contribution in [3.8, 4) is 84.2 Å². The summed E-state index contributed by atoms with van der Waals surface area (Å²) in [6.45, 7) is 2.12. The Labute approximate surface area is 361 Å². The van der Waals surface area contributed by atoms with Gasteiger partial charge in [-0.25, -0.2) is 15.0 Å². The van der Waals surface area contributed by atoms with E-state index in [-0.39, 0.29) is 0 Å². The number of imidazole rings is 1. The van der Waals surface area contributed by atoms with E-state index < -0.39 is 0 Å². The van der Waals surface area contributed by atoms with Gasteiger partial charge in [0.05, 0.1) is 22.2 Å². The van der Waals surface area contributed by atoms with Crippen molar-refractivity contribution < 1.29 is 0 Å². The summed E-state index contributed by atoms with van der Waals surface area (Å²) in [4.78, 5) is 16.0. The van der Waals surface area contributed by atoms with Crippen LogP contribution in [0, 0.1) is 6.92 Å². The van der Waals surface area contributed by atoms with E-state index in [4.69, 9.17) is 15.0 Å². The predicted molar refractivity (Wildman–Crippen MR) is 257 cm³/mol. The Hall–Kier alpha value is -8.21. The Balaban J connectivity index is 1.09. The van der Waals surface area contributed by atoms with Crippen molar-refractivity contribution in [3.63, 3.8) is 0 Å². The molecule has 0 aliphatic heterocycles. The van der Waals surface area contributed by atoms with Gasteiger partial charge in [0.2, 0.25) is 0 Å². The van der Waals surface area contributed by atoms with Gasteiger partial charge in [-0.3, -0.25) is 4.57 Å². The molecule has 4 nitrogen and oxygen atoms in total. The van der Waals surface area contributed by atoms with Gasteiger partial charge in [0.1, 0.15) is 5.82 Å². The summed E-state index contributed by atoms with van der Waals surface area (Å²) < 4.78 is 2.23. The van der Waals surface area contributed by atoms with Crippen molar-refractivity contribution in [1.82, 2.24) is 19.5 Å². The molecule has 0 spiro atoms. The number of fused-ring (bicyclic) bond motifs is 2. The smallest absolute Gasteiger partial charge is 0.160 e. The van der Waals surface area contributed by atoms with Gasteiger partial charge in [-0.1, -0.05) is 181 Å². The van der Waals surface area contributed by atoms with Crippen molar-refractivity contribution in [2.75, 3.05) is 0 Å². The molecule has 0 aliphatic carbocycles. The maximum atomic E-state index is 5.47. The lowest BCUT2D eigenvalue weighted by molar-refractivity contribution is 1.10. The molecule has 0 fully saturated rings. The number of para-hydroxylation sites is 2. The molecule has 0 aliphatic rings. The van der Waals surface area contributed by atoms with E-state index in [1.54, 1.807) is 0 Å². The van der Waals surface area contributed by atoms with Crippen LogP contribution in [0.4, 0.5) is 0 Å². The first-order chi connectivity index (χ1) is 30.6. The Morgan fingerprint density at radius 2 is 0.839 bits per heavy atom. The third-order valence-corrected chi connectivity index (χ3v) is 11.7. The molecule has 0 amide bonds. The number of aromatic nitrogens is 4.